The van der Waals surface area contributed by atoms with Gasteiger partial charge in [0.25, 0.3) is 11.1 Å². The molecule has 0 saturated carbocycles. The fraction of sp³-hybridized carbons (Fsp3) is 0.158. The minimum atomic E-state index is -0.318. The Kier molecular flexibility index (Phi) is 7.09. The number of carbonyl (C=O) groups excluding carboxylic acids is 2. The Hall–Kier alpha value is -0.780. The van der Waals surface area contributed by atoms with Gasteiger partial charge in [0.05, 0.1) is 21.6 Å². The average molecular weight is 626 g/mol. The van der Waals surface area contributed by atoms with Crippen LogP contribution in [0.3, 0.4) is 0 Å². The van der Waals surface area contributed by atoms with Gasteiger partial charge in [-0.3, -0.25) is 14.5 Å². The molecule has 3 rings (SSSR count). The number of imide groups is 1. The van der Waals surface area contributed by atoms with E-state index < -0.39 is 0 Å². The van der Waals surface area contributed by atoms with Crippen LogP contribution in [0.4, 0.5) is 4.79 Å². The van der Waals surface area contributed by atoms with Crippen molar-refractivity contribution in [1.29, 1.82) is 0 Å². The lowest BCUT2D eigenvalue weighted by atomic mass is 10.1. The maximum Gasteiger partial charge on any atom is 0.293 e. The Bertz CT molecular complexity index is 949. The van der Waals surface area contributed by atoms with Crippen LogP contribution < -0.4 is 4.74 Å². The van der Waals surface area contributed by atoms with Crippen LogP contribution in [0.15, 0.2) is 41.3 Å². The molecule has 1 saturated heterocycles. The van der Waals surface area contributed by atoms with Crippen LogP contribution in [-0.4, -0.2) is 22.7 Å². The maximum absolute atomic E-state index is 12.8. The molecule has 4 nitrogen and oxygen atoms in total. The van der Waals surface area contributed by atoms with Crippen molar-refractivity contribution in [2.75, 3.05) is 6.61 Å². The molecule has 0 aliphatic carbocycles. The molecule has 0 aromatic heterocycles. The zero-order valence-electron chi connectivity index (χ0n) is 14.2. The predicted octanol–water partition coefficient (Wildman–Crippen LogP) is 6.18. The Morgan fingerprint density at radius 3 is 2.67 bits per heavy atom. The number of amides is 2. The van der Waals surface area contributed by atoms with Crippen LogP contribution in [0.5, 0.6) is 5.75 Å². The van der Waals surface area contributed by atoms with Gasteiger partial charge in [0.2, 0.25) is 0 Å². The quantitative estimate of drug-likeness (QED) is 0.294. The van der Waals surface area contributed by atoms with Gasteiger partial charge in [0.15, 0.2) is 0 Å². The second kappa shape index (κ2) is 9.15. The summed E-state index contributed by atoms with van der Waals surface area (Å²) in [5.74, 6) is 0.401. The molecule has 1 aliphatic heterocycles. The summed E-state index contributed by atoms with van der Waals surface area (Å²) in [5.41, 5.74) is 1.53. The highest BCUT2D eigenvalue weighted by Gasteiger charge is 2.35. The van der Waals surface area contributed by atoms with Crippen molar-refractivity contribution in [3.8, 4) is 5.75 Å². The fourth-order valence-corrected chi connectivity index (χ4v) is 5.63. The van der Waals surface area contributed by atoms with E-state index in [9.17, 15) is 9.59 Å². The third kappa shape index (κ3) is 4.80. The number of benzene rings is 2. The molecular formula is C19H14ClI2NO3S. The summed E-state index contributed by atoms with van der Waals surface area (Å²) in [6, 6.07) is 11.1. The standard InChI is InChI=1S/C19H14ClI2NO3S/c1-2-26-17-12(7-13(21)9-15(17)22)8-16-18(24)23(19(25)27-16)10-11-5-3-4-6-14(11)20/h3-9H,2,10H2,1H3/b16-8+. The molecule has 1 aliphatic rings. The molecule has 0 atom stereocenters. The molecule has 2 aromatic rings. The van der Waals surface area contributed by atoms with Crippen molar-refractivity contribution in [3.05, 3.63) is 64.6 Å². The van der Waals surface area contributed by atoms with Crippen LogP contribution >= 0.6 is 68.5 Å². The third-order valence-corrected chi connectivity index (χ3v) is 6.47. The molecule has 2 amide bonds. The lowest BCUT2D eigenvalue weighted by Gasteiger charge is -2.13. The summed E-state index contributed by atoms with van der Waals surface area (Å²) in [5, 5.41) is 0.232. The Balaban J connectivity index is 1.92. The molecule has 0 bridgehead atoms. The lowest BCUT2D eigenvalue weighted by molar-refractivity contribution is -0.123. The first kappa shape index (κ1) is 20.9. The largest absolute Gasteiger partial charge is 0.492 e. The highest BCUT2D eigenvalue weighted by atomic mass is 127. The van der Waals surface area contributed by atoms with Crippen LogP contribution in [0.1, 0.15) is 18.1 Å². The van der Waals surface area contributed by atoms with Gasteiger partial charge in [-0.2, -0.15) is 0 Å². The van der Waals surface area contributed by atoms with E-state index in [0.717, 1.165) is 35.8 Å². The zero-order valence-corrected chi connectivity index (χ0v) is 20.1. The van der Waals surface area contributed by atoms with Gasteiger partial charge >= 0.3 is 0 Å². The number of hydrogen-bond acceptors (Lipinski definition) is 4. The molecule has 1 heterocycles. The topological polar surface area (TPSA) is 46.6 Å². The van der Waals surface area contributed by atoms with Gasteiger partial charge in [-0.05, 0) is 93.7 Å². The molecule has 8 heteroatoms. The first-order chi connectivity index (χ1) is 12.9. The Morgan fingerprint density at radius 2 is 1.96 bits per heavy atom. The summed E-state index contributed by atoms with van der Waals surface area (Å²) < 4.78 is 7.73. The lowest BCUT2D eigenvalue weighted by Crippen LogP contribution is -2.27. The molecule has 0 spiro atoms. The molecule has 0 N–H and O–H groups in total. The minimum Gasteiger partial charge on any atom is -0.492 e. The van der Waals surface area contributed by atoms with Crippen LogP contribution in [0.2, 0.25) is 5.02 Å². The van der Waals surface area contributed by atoms with Gasteiger partial charge in [-0.1, -0.05) is 29.8 Å². The third-order valence-electron chi connectivity index (χ3n) is 3.77. The van der Waals surface area contributed by atoms with E-state index in [1.54, 1.807) is 12.1 Å². The van der Waals surface area contributed by atoms with Crippen molar-refractivity contribution < 1.29 is 14.3 Å². The number of halogens is 3. The van der Waals surface area contributed by atoms with Gasteiger partial charge in [-0.25, -0.2) is 0 Å². The first-order valence-corrected chi connectivity index (χ1v) is 11.4. The van der Waals surface area contributed by atoms with E-state index in [1.807, 2.05) is 37.3 Å². The van der Waals surface area contributed by atoms with E-state index >= 15 is 0 Å². The molecular weight excluding hydrogens is 612 g/mol. The van der Waals surface area contributed by atoms with Crippen LogP contribution in [0, 0.1) is 7.14 Å². The normalized spacial score (nSPS) is 15.7. The monoisotopic (exact) mass is 625 g/mol. The fourth-order valence-electron chi connectivity index (χ4n) is 2.56. The number of ether oxygens (including phenoxy) is 1. The maximum atomic E-state index is 12.8. The van der Waals surface area contributed by atoms with Crippen molar-refractivity contribution in [1.82, 2.24) is 4.90 Å². The summed E-state index contributed by atoms with van der Waals surface area (Å²) in [6.07, 6.45) is 1.73. The summed E-state index contributed by atoms with van der Waals surface area (Å²) in [6.45, 7) is 2.59. The van der Waals surface area contributed by atoms with Gasteiger partial charge < -0.3 is 4.74 Å². The average Bonchev–Trinajstić information content (AvgIpc) is 2.87. The predicted molar refractivity (Wildman–Crippen MR) is 126 cm³/mol. The number of rotatable bonds is 5. The minimum absolute atomic E-state index is 0.157. The van der Waals surface area contributed by atoms with Crippen molar-refractivity contribution >= 4 is 85.8 Å². The highest BCUT2D eigenvalue weighted by molar-refractivity contribution is 14.1. The first-order valence-electron chi connectivity index (χ1n) is 8.01. The SMILES string of the molecule is CCOc1c(I)cc(I)cc1/C=C1/SC(=O)N(Cc2ccccc2Cl)C1=O. The summed E-state index contributed by atoms with van der Waals surface area (Å²) >= 11 is 11.5. The van der Waals surface area contributed by atoms with Crippen molar-refractivity contribution in [3.63, 3.8) is 0 Å². The number of thioether (sulfide) groups is 1. The number of carbonyl (C=O) groups is 2. The van der Waals surface area contributed by atoms with E-state index in [0.29, 0.717) is 16.5 Å². The summed E-state index contributed by atoms with van der Waals surface area (Å²) in [7, 11) is 0. The van der Waals surface area contributed by atoms with Crippen LogP contribution in [0.25, 0.3) is 6.08 Å². The molecule has 2 aromatic carbocycles. The number of nitrogens with zero attached hydrogens (tertiary/aromatic N) is 1. The van der Waals surface area contributed by atoms with E-state index in [4.69, 9.17) is 16.3 Å². The van der Waals surface area contributed by atoms with E-state index in [1.165, 1.54) is 4.90 Å². The van der Waals surface area contributed by atoms with Crippen LogP contribution in [-0.2, 0) is 11.3 Å². The van der Waals surface area contributed by atoms with Crippen molar-refractivity contribution in [2.45, 2.75) is 13.5 Å². The highest BCUT2D eigenvalue weighted by Crippen LogP contribution is 2.37. The van der Waals surface area contributed by atoms with E-state index in [2.05, 4.69) is 45.2 Å². The molecule has 27 heavy (non-hydrogen) atoms. The second-order valence-corrected chi connectivity index (χ2v) is 9.41. The smallest absolute Gasteiger partial charge is 0.293 e. The Labute approximate surface area is 193 Å². The Morgan fingerprint density at radius 1 is 1.22 bits per heavy atom. The summed E-state index contributed by atoms with van der Waals surface area (Å²) in [4.78, 5) is 26.8. The second-order valence-electron chi connectivity index (χ2n) is 5.60. The zero-order chi connectivity index (χ0) is 19.6. The number of hydrogen-bond donors (Lipinski definition) is 0. The molecule has 1 fully saturated rings. The van der Waals surface area contributed by atoms with Gasteiger partial charge in [-0.15, -0.1) is 0 Å². The van der Waals surface area contributed by atoms with Gasteiger partial charge in [0.1, 0.15) is 5.75 Å². The van der Waals surface area contributed by atoms with E-state index in [-0.39, 0.29) is 17.7 Å². The molecule has 0 unspecified atom stereocenters. The molecule has 0 radical (unpaired) electrons. The van der Waals surface area contributed by atoms with Gasteiger partial charge in [0, 0.05) is 14.2 Å². The molecule has 140 valence electrons. The van der Waals surface area contributed by atoms with Crippen molar-refractivity contribution in [2.24, 2.45) is 0 Å².